The number of fused-ring (bicyclic) bond motifs is 1. The van der Waals surface area contributed by atoms with E-state index in [0.29, 0.717) is 18.7 Å². The Kier molecular flexibility index (Phi) is 2.66. The molecule has 0 radical (unpaired) electrons. The molecule has 0 unspecified atom stereocenters. The van der Waals surface area contributed by atoms with E-state index in [1.165, 1.54) is 0 Å². The van der Waals surface area contributed by atoms with Gasteiger partial charge in [-0.05, 0) is 36.1 Å². The van der Waals surface area contributed by atoms with Crippen molar-refractivity contribution in [2.24, 2.45) is 5.73 Å². The summed E-state index contributed by atoms with van der Waals surface area (Å²) in [4.78, 5) is 11.0. The van der Waals surface area contributed by atoms with E-state index in [1.54, 1.807) is 6.07 Å². The van der Waals surface area contributed by atoms with Crippen molar-refractivity contribution in [2.75, 3.05) is 6.54 Å². The van der Waals surface area contributed by atoms with Crippen LogP contribution in [0.5, 0.6) is 0 Å². The number of aryl methyl sites for hydroxylation is 1. The number of carboxylic acids is 1. The summed E-state index contributed by atoms with van der Waals surface area (Å²) in [5.41, 5.74) is 7.56. The maximum absolute atomic E-state index is 11.0. The number of rotatable bonds is 3. The second-order valence-corrected chi connectivity index (χ2v) is 3.83. The first-order chi connectivity index (χ1) is 7.63. The average molecular weight is 218 g/mol. The van der Waals surface area contributed by atoms with Gasteiger partial charge < -0.3 is 15.4 Å². The molecule has 0 spiro atoms. The number of benzene rings is 1. The summed E-state index contributed by atoms with van der Waals surface area (Å²) in [5, 5.41) is 10.1. The topological polar surface area (TPSA) is 68.2 Å². The van der Waals surface area contributed by atoms with Crippen molar-refractivity contribution < 1.29 is 9.90 Å². The third-order valence-electron chi connectivity index (χ3n) is 2.72. The highest BCUT2D eigenvalue weighted by Crippen LogP contribution is 2.21. The summed E-state index contributed by atoms with van der Waals surface area (Å²) >= 11 is 0. The van der Waals surface area contributed by atoms with Crippen LogP contribution in [0, 0.1) is 6.92 Å². The molecule has 2 rings (SSSR count). The second kappa shape index (κ2) is 3.98. The van der Waals surface area contributed by atoms with Gasteiger partial charge in [-0.25, -0.2) is 4.79 Å². The molecule has 4 nitrogen and oxygen atoms in total. The molecule has 0 saturated carbocycles. The lowest BCUT2D eigenvalue weighted by atomic mass is 10.1. The minimum absolute atomic E-state index is 0.351. The maximum Gasteiger partial charge on any atom is 0.336 e. The average Bonchev–Trinajstić information content (AvgIpc) is 2.60. The molecule has 0 aliphatic heterocycles. The molecule has 0 aliphatic rings. The van der Waals surface area contributed by atoms with Crippen LogP contribution in [0.3, 0.4) is 0 Å². The second-order valence-electron chi connectivity index (χ2n) is 3.83. The molecule has 4 heteroatoms. The van der Waals surface area contributed by atoms with E-state index in [1.807, 2.05) is 29.8 Å². The lowest BCUT2D eigenvalue weighted by Gasteiger charge is -2.05. The van der Waals surface area contributed by atoms with E-state index < -0.39 is 5.97 Å². The van der Waals surface area contributed by atoms with E-state index in [9.17, 15) is 4.79 Å². The van der Waals surface area contributed by atoms with Crippen molar-refractivity contribution in [2.45, 2.75) is 13.5 Å². The van der Waals surface area contributed by atoms with E-state index >= 15 is 0 Å². The number of hydrogen-bond donors (Lipinski definition) is 2. The minimum Gasteiger partial charge on any atom is -0.478 e. The van der Waals surface area contributed by atoms with Crippen molar-refractivity contribution in [1.82, 2.24) is 4.57 Å². The summed E-state index contributed by atoms with van der Waals surface area (Å²) in [6.45, 7) is 3.05. The van der Waals surface area contributed by atoms with Crippen molar-refractivity contribution in [3.05, 3.63) is 35.5 Å². The Morgan fingerprint density at radius 1 is 1.50 bits per heavy atom. The Bertz CT molecular complexity index is 543. The third kappa shape index (κ3) is 1.67. The van der Waals surface area contributed by atoms with Crippen LogP contribution in [-0.4, -0.2) is 22.2 Å². The number of nitrogens with zero attached hydrogens (tertiary/aromatic N) is 1. The molecule has 84 valence electrons. The van der Waals surface area contributed by atoms with Crippen LogP contribution in [0.4, 0.5) is 0 Å². The monoisotopic (exact) mass is 218 g/mol. The Morgan fingerprint density at radius 3 is 2.88 bits per heavy atom. The molecular weight excluding hydrogens is 204 g/mol. The lowest BCUT2D eigenvalue weighted by molar-refractivity contribution is 0.0696. The number of aromatic nitrogens is 1. The van der Waals surface area contributed by atoms with Crippen molar-refractivity contribution in [3.8, 4) is 0 Å². The summed E-state index contributed by atoms with van der Waals surface area (Å²) in [6.07, 6.45) is 1.93. The van der Waals surface area contributed by atoms with Gasteiger partial charge in [0.25, 0.3) is 0 Å². The molecule has 0 bridgehead atoms. The van der Waals surface area contributed by atoms with E-state index in [-0.39, 0.29) is 0 Å². The fourth-order valence-corrected chi connectivity index (χ4v) is 1.92. The molecule has 0 amide bonds. The highest BCUT2D eigenvalue weighted by Gasteiger charge is 2.10. The first-order valence-electron chi connectivity index (χ1n) is 5.16. The van der Waals surface area contributed by atoms with Crippen LogP contribution >= 0.6 is 0 Å². The lowest BCUT2D eigenvalue weighted by Crippen LogP contribution is -2.09. The van der Waals surface area contributed by atoms with Gasteiger partial charge in [0.15, 0.2) is 0 Å². The first kappa shape index (κ1) is 10.7. The number of carboxylic acid groups (broad SMARTS) is 1. The molecule has 0 atom stereocenters. The third-order valence-corrected chi connectivity index (χ3v) is 2.72. The molecule has 0 fully saturated rings. The Labute approximate surface area is 93.3 Å². The van der Waals surface area contributed by atoms with Crippen molar-refractivity contribution >= 4 is 16.9 Å². The number of hydrogen-bond acceptors (Lipinski definition) is 2. The molecule has 16 heavy (non-hydrogen) atoms. The Hall–Kier alpha value is -1.81. The Balaban J connectivity index is 2.64. The molecule has 0 saturated heterocycles. The first-order valence-corrected chi connectivity index (χ1v) is 5.16. The van der Waals surface area contributed by atoms with Gasteiger partial charge in [0.05, 0.1) is 5.56 Å². The van der Waals surface area contributed by atoms with Crippen molar-refractivity contribution in [1.29, 1.82) is 0 Å². The Morgan fingerprint density at radius 2 is 2.25 bits per heavy atom. The quantitative estimate of drug-likeness (QED) is 0.822. The number of aromatic carboxylic acids is 1. The zero-order chi connectivity index (χ0) is 11.7. The van der Waals surface area contributed by atoms with Gasteiger partial charge in [-0.1, -0.05) is 0 Å². The van der Waals surface area contributed by atoms with Crippen LogP contribution in [0.1, 0.15) is 15.9 Å². The largest absolute Gasteiger partial charge is 0.478 e. The van der Waals surface area contributed by atoms with Crippen LogP contribution in [0.2, 0.25) is 0 Å². The normalized spacial score (nSPS) is 10.9. The molecule has 2 aromatic rings. The summed E-state index contributed by atoms with van der Waals surface area (Å²) in [7, 11) is 0. The van der Waals surface area contributed by atoms with Gasteiger partial charge in [-0.3, -0.25) is 0 Å². The van der Waals surface area contributed by atoms with E-state index in [4.69, 9.17) is 10.8 Å². The smallest absolute Gasteiger partial charge is 0.336 e. The van der Waals surface area contributed by atoms with E-state index in [0.717, 1.165) is 16.5 Å². The van der Waals surface area contributed by atoms with Crippen LogP contribution in [0.15, 0.2) is 24.4 Å². The SMILES string of the molecule is Cc1cc2ccn(CCN)c2cc1C(=O)O. The predicted molar refractivity (Wildman–Crippen MR) is 62.7 cm³/mol. The standard InChI is InChI=1S/C12H14N2O2/c1-8-6-9-2-4-14(5-3-13)11(9)7-10(8)12(15)16/h2,4,6-7H,3,5,13H2,1H3,(H,15,16). The molecule has 1 aromatic heterocycles. The predicted octanol–water partition coefficient (Wildman–Crippen LogP) is 1.61. The molecule has 0 aliphatic carbocycles. The highest BCUT2D eigenvalue weighted by molar-refractivity contribution is 5.95. The zero-order valence-corrected chi connectivity index (χ0v) is 9.10. The van der Waals surface area contributed by atoms with Gasteiger partial charge in [0.1, 0.15) is 0 Å². The van der Waals surface area contributed by atoms with Gasteiger partial charge in [-0.2, -0.15) is 0 Å². The summed E-state index contributed by atoms with van der Waals surface area (Å²) in [6, 6.07) is 5.58. The molecular formula is C12H14N2O2. The maximum atomic E-state index is 11.0. The molecule has 1 heterocycles. The van der Waals surface area contributed by atoms with Gasteiger partial charge in [-0.15, -0.1) is 0 Å². The van der Waals surface area contributed by atoms with Gasteiger partial charge >= 0.3 is 5.97 Å². The zero-order valence-electron chi connectivity index (χ0n) is 9.10. The summed E-state index contributed by atoms with van der Waals surface area (Å²) < 4.78 is 1.97. The summed E-state index contributed by atoms with van der Waals surface area (Å²) in [5.74, 6) is -0.889. The van der Waals surface area contributed by atoms with Gasteiger partial charge in [0, 0.05) is 24.8 Å². The van der Waals surface area contributed by atoms with Crippen LogP contribution < -0.4 is 5.73 Å². The number of nitrogens with two attached hydrogens (primary N) is 1. The molecule has 3 N–H and O–H groups in total. The molecule has 1 aromatic carbocycles. The van der Waals surface area contributed by atoms with Crippen molar-refractivity contribution in [3.63, 3.8) is 0 Å². The van der Waals surface area contributed by atoms with Gasteiger partial charge in [0.2, 0.25) is 0 Å². The minimum atomic E-state index is -0.889. The number of carbonyl (C=O) groups is 1. The van der Waals surface area contributed by atoms with Crippen LogP contribution in [0.25, 0.3) is 10.9 Å². The fraction of sp³-hybridized carbons (Fsp3) is 0.250. The van der Waals surface area contributed by atoms with E-state index in [2.05, 4.69) is 0 Å². The fourth-order valence-electron chi connectivity index (χ4n) is 1.92. The van der Waals surface area contributed by atoms with Crippen LogP contribution in [-0.2, 0) is 6.54 Å². The highest BCUT2D eigenvalue weighted by atomic mass is 16.4.